The molecule has 6 rings (SSSR count). The normalized spacial score (nSPS) is 24.7. The highest BCUT2D eigenvalue weighted by Gasteiger charge is 2.37. The Labute approximate surface area is 204 Å². The molecule has 2 fully saturated rings. The molecule has 1 aliphatic heterocycles. The molecule has 1 unspecified atom stereocenters. The summed E-state index contributed by atoms with van der Waals surface area (Å²) >= 11 is 6.54. The average molecular weight is 498 g/mol. The zero-order chi connectivity index (χ0) is 23.9. The first-order valence-electron chi connectivity index (χ1n) is 11.8. The minimum Gasteiger partial charge on any atom is -0.357 e. The van der Waals surface area contributed by atoms with E-state index in [0.717, 1.165) is 25.9 Å². The van der Waals surface area contributed by atoms with Crippen LogP contribution in [-0.4, -0.2) is 61.6 Å². The molecule has 4 heterocycles. The predicted octanol–water partition coefficient (Wildman–Crippen LogP) is 0.211. The highest BCUT2D eigenvalue weighted by Crippen LogP contribution is 2.42. The van der Waals surface area contributed by atoms with E-state index < -0.39 is 6.17 Å². The van der Waals surface area contributed by atoms with Crippen molar-refractivity contribution in [1.29, 1.82) is 0 Å². The van der Waals surface area contributed by atoms with Crippen LogP contribution in [0.1, 0.15) is 31.1 Å². The number of hydrogen-bond donors (Lipinski definition) is 2. The van der Waals surface area contributed by atoms with Crippen molar-refractivity contribution in [2.24, 2.45) is 5.92 Å². The third-order valence-corrected chi connectivity index (χ3v) is 6.87. The summed E-state index contributed by atoms with van der Waals surface area (Å²) in [6, 6.07) is -0.329. The van der Waals surface area contributed by atoms with Crippen molar-refractivity contribution >= 4 is 34.2 Å². The molecule has 3 aliphatic rings. The number of hydrogen-bond acceptors (Lipinski definition) is 8. The van der Waals surface area contributed by atoms with Crippen molar-refractivity contribution in [2.45, 2.75) is 31.5 Å². The summed E-state index contributed by atoms with van der Waals surface area (Å²) < 4.78 is 17.9. The van der Waals surface area contributed by atoms with Gasteiger partial charge in [0.15, 0.2) is 17.3 Å². The number of nitrogens with one attached hydrogen (secondary N) is 2. The third kappa shape index (κ3) is 4.19. The standard InChI is InChI=1S/C23H25ClFN9O/c24-16-3-1-2-15(25)12-17-18(16)23(35)34(32-9-6-26-7-10-32)21(30-17)19(14-4-5-14)31-20-22-27-8-11-33(22)29-13-28-20/h1,3,8,11-15,19,26H,2,4-7,9-10H2,(H,28,29,31)/b3-1+,17-12-,18-16-/t15?,19-/m0/s1. The van der Waals surface area contributed by atoms with Gasteiger partial charge in [0, 0.05) is 45.0 Å². The van der Waals surface area contributed by atoms with Crippen LogP contribution in [0, 0.1) is 5.92 Å². The first-order valence-corrected chi connectivity index (χ1v) is 12.2. The van der Waals surface area contributed by atoms with Crippen LogP contribution in [0.2, 0.25) is 0 Å². The van der Waals surface area contributed by atoms with Crippen LogP contribution in [-0.2, 0) is 0 Å². The lowest BCUT2D eigenvalue weighted by atomic mass is 10.1. The number of halogens is 2. The number of piperazine rings is 1. The first kappa shape index (κ1) is 22.2. The Morgan fingerprint density at radius 3 is 2.86 bits per heavy atom. The van der Waals surface area contributed by atoms with Crippen molar-refractivity contribution in [3.63, 3.8) is 0 Å². The van der Waals surface area contributed by atoms with Crippen molar-refractivity contribution < 1.29 is 4.39 Å². The fourth-order valence-electron chi connectivity index (χ4n) is 4.67. The molecule has 2 N–H and O–H groups in total. The minimum atomic E-state index is -1.26. The van der Waals surface area contributed by atoms with E-state index in [-0.39, 0.29) is 39.5 Å². The van der Waals surface area contributed by atoms with Crippen LogP contribution in [0.25, 0.3) is 16.8 Å². The van der Waals surface area contributed by atoms with Gasteiger partial charge in [-0.15, -0.1) is 0 Å². The number of fused-ring (bicyclic) bond motifs is 2. The number of nitrogens with zero attached hydrogens (tertiary/aromatic N) is 7. The smallest absolute Gasteiger partial charge is 0.281 e. The molecule has 12 heteroatoms. The molecule has 0 spiro atoms. The molecule has 0 amide bonds. The molecule has 0 radical (unpaired) electrons. The molecule has 0 aromatic carbocycles. The minimum absolute atomic E-state index is 0.177. The van der Waals surface area contributed by atoms with Gasteiger partial charge in [-0.05, 0) is 30.9 Å². The number of allylic oxidation sites excluding steroid dienone is 2. The van der Waals surface area contributed by atoms with Gasteiger partial charge in [0.25, 0.3) is 5.56 Å². The molecule has 0 bridgehead atoms. The van der Waals surface area contributed by atoms with E-state index in [9.17, 15) is 9.18 Å². The van der Waals surface area contributed by atoms with Gasteiger partial charge in [-0.3, -0.25) is 4.79 Å². The topological polar surface area (TPSA) is 105 Å². The van der Waals surface area contributed by atoms with Gasteiger partial charge in [-0.25, -0.2) is 28.5 Å². The second-order valence-electron chi connectivity index (χ2n) is 8.98. The van der Waals surface area contributed by atoms with Crippen molar-refractivity contribution in [2.75, 3.05) is 36.5 Å². The lowest BCUT2D eigenvalue weighted by Gasteiger charge is -2.34. The number of alkyl halides is 1. The van der Waals surface area contributed by atoms with E-state index in [1.807, 2.05) is 5.01 Å². The van der Waals surface area contributed by atoms with E-state index in [2.05, 4.69) is 25.7 Å². The van der Waals surface area contributed by atoms with E-state index in [4.69, 9.17) is 16.6 Å². The van der Waals surface area contributed by atoms with Gasteiger partial charge in [-0.2, -0.15) is 5.10 Å². The number of rotatable bonds is 5. The van der Waals surface area contributed by atoms with E-state index in [1.165, 1.54) is 12.4 Å². The van der Waals surface area contributed by atoms with Crippen molar-refractivity contribution in [3.8, 4) is 0 Å². The van der Waals surface area contributed by atoms with Crippen LogP contribution in [0.3, 0.4) is 0 Å². The Morgan fingerprint density at radius 1 is 1.23 bits per heavy atom. The zero-order valence-electron chi connectivity index (χ0n) is 18.9. The second kappa shape index (κ2) is 9.04. The summed E-state index contributed by atoms with van der Waals surface area (Å²) in [5.41, 5.74) is 0.283. The first-order chi connectivity index (χ1) is 17.1. The lowest BCUT2D eigenvalue weighted by Crippen LogP contribution is -2.60. The Bertz CT molecular complexity index is 1470. The summed E-state index contributed by atoms with van der Waals surface area (Å²) in [6.45, 7) is 2.74. The van der Waals surface area contributed by atoms with Gasteiger partial charge in [0.05, 0.1) is 21.6 Å². The summed E-state index contributed by atoms with van der Waals surface area (Å²) in [5.74, 6) is 1.32. The lowest BCUT2D eigenvalue weighted by molar-refractivity contribution is 0.421. The van der Waals surface area contributed by atoms with Gasteiger partial charge in [0.2, 0.25) is 0 Å². The zero-order valence-corrected chi connectivity index (χ0v) is 19.7. The molecular weight excluding hydrogens is 473 g/mol. The monoisotopic (exact) mass is 497 g/mol. The Morgan fingerprint density at radius 2 is 2.06 bits per heavy atom. The summed E-state index contributed by atoms with van der Waals surface area (Å²) in [5, 5.41) is 13.8. The van der Waals surface area contributed by atoms with Gasteiger partial charge in [0.1, 0.15) is 12.5 Å². The molecule has 3 aromatic rings. The van der Waals surface area contributed by atoms with Gasteiger partial charge < -0.3 is 15.6 Å². The second-order valence-corrected chi connectivity index (χ2v) is 9.39. The molecule has 2 aliphatic carbocycles. The molecule has 3 aromatic heterocycles. The van der Waals surface area contributed by atoms with E-state index in [0.29, 0.717) is 30.4 Å². The summed E-state index contributed by atoms with van der Waals surface area (Å²) in [4.78, 5) is 27.7. The predicted molar refractivity (Wildman–Crippen MR) is 131 cm³/mol. The number of imidazole rings is 1. The maximum atomic E-state index is 14.6. The fraction of sp³-hybridized carbons (Fsp3) is 0.435. The molecule has 2 atom stereocenters. The number of aromatic nitrogens is 6. The Balaban J connectivity index is 1.58. The molecule has 1 saturated heterocycles. The molecular formula is C23H25ClFN9O. The Hall–Kier alpha value is -3.31. The summed E-state index contributed by atoms with van der Waals surface area (Å²) in [6.07, 6.45) is 10.4. The van der Waals surface area contributed by atoms with Crippen LogP contribution < -0.4 is 31.8 Å². The van der Waals surface area contributed by atoms with Gasteiger partial charge in [-0.1, -0.05) is 17.7 Å². The van der Waals surface area contributed by atoms with Gasteiger partial charge >= 0.3 is 0 Å². The number of anilines is 1. The quantitative estimate of drug-likeness (QED) is 0.515. The maximum absolute atomic E-state index is 14.6. The van der Waals surface area contributed by atoms with Crippen LogP contribution in [0.15, 0.2) is 35.7 Å². The van der Waals surface area contributed by atoms with Crippen LogP contribution in [0.5, 0.6) is 0 Å². The van der Waals surface area contributed by atoms with Crippen molar-refractivity contribution in [3.05, 3.63) is 57.6 Å². The van der Waals surface area contributed by atoms with E-state index >= 15 is 0 Å². The SMILES string of the molecule is O=c1c2/c(nc([C@@H](Nc3ncnn4ccnc34)C3CC3)n1N1CCNCC1)=C/C(F)C\C=C\C=2Cl. The molecule has 35 heavy (non-hydrogen) atoms. The summed E-state index contributed by atoms with van der Waals surface area (Å²) in [7, 11) is 0. The Kier molecular flexibility index (Phi) is 5.73. The molecule has 182 valence electrons. The third-order valence-electron chi connectivity index (χ3n) is 6.55. The van der Waals surface area contributed by atoms with E-state index in [1.54, 1.807) is 33.7 Å². The average Bonchev–Trinajstić information content (AvgIpc) is 3.57. The highest BCUT2D eigenvalue weighted by atomic mass is 35.5. The maximum Gasteiger partial charge on any atom is 0.281 e. The largest absolute Gasteiger partial charge is 0.357 e. The highest BCUT2D eigenvalue weighted by molar-refractivity contribution is 6.47. The van der Waals surface area contributed by atoms with Crippen LogP contribution in [0.4, 0.5) is 10.2 Å². The molecule has 10 nitrogen and oxygen atoms in total. The molecule has 1 saturated carbocycles. The van der Waals surface area contributed by atoms with Crippen molar-refractivity contribution in [1.82, 2.24) is 34.6 Å². The van der Waals surface area contributed by atoms with Crippen LogP contribution >= 0.6 is 11.6 Å². The fourth-order valence-corrected chi connectivity index (χ4v) is 4.94.